The van der Waals surface area contributed by atoms with E-state index in [9.17, 15) is 0 Å². The van der Waals surface area contributed by atoms with Crippen molar-refractivity contribution in [3.63, 3.8) is 0 Å². The van der Waals surface area contributed by atoms with Crippen LogP contribution in [0.5, 0.6) is 0 Å². The van der Waals surface area contributed by atoms with E-state index < -0.39 is 21.8 Å². The van der Waals surface area contributed by atoms with Gasteiger partial charge in [-0.3, -0.25) is 0 Å². The van der Waals surface area contributed by atoms with Gasteiger partial charge in [-0.15, -0.1) is 0 Å². The summed E-state index contributed by atoms with van der Waals surface area (Å²) in [6.45, 7) is 47.4. The van der Waals surface area contributed by atoms with Gasteiger partial charge in [-0.2, -0.15) is 0 Å². The van der Waals surface area contributed by atoms with Crippen LogP contribution in [-0.2, 0) is 152 Å². The van der Waals surface area contributed by atoms with E-state index in [0.29, 0.717) is 51.8 Å². The fourth-order valence-electron chi connectivity index (χ4n) is 12.6. The van der Waals surface area contributed by atoms with Crippen LogP contribution in [0.3, 0.4) is 0 Å². The van der Waals surface area contributed by atoms with Gasteiger partial charge in [0.1, 0.15) is 0 Å². The van der Waals surface area contributed by atoms with Crippen LogP contribution < -0.4 is 63.8 Å². The second kappa shape index (κ2) is 145. The van der Waals surface area contributed by atoms with E-state index in [0.717, 1.165) is 181 Å². The first kappa shape index (κ1) is 173. The molecule has 0 radical (unpaired) electrons. The summed E-state index contributed by atoms with van der Waals surface area (Å²) in [5, 5.41) is 35.0. The van der Waals surface area contributed by atoms with E-state index in [1.54, 1.807) is 73.9 Å². The molecule has 0 aliphatic rings. The van der Waals surface area contributed by atoms with E-state index in [4.69, 9.17) is 199 Å². The van der Waals surface area contributed by atoms with Crippen LogP contribution >= 0.6 is 168 Å². The molecular formula is C96H196Al3N12P3S24. The van der Waals surface area contributed by atoms with E-state index in [-0.39, 0.29) is 52.1 Å². The van der Waals surface area contributed by atoms with E-state index >= 15 is 0 Å². The Labute approximate surface area is 1020 Å². The molecule has 0 atom stereocenters. The molecule has 12 N–H and O–H groups in total. The predicted molar refractivity (Wildman–Crippen MR) is 726 cm³/mol. The number of nitrogens with one attached hydrogen (secondary N) is 12. The third kappa shape index (κ3) is 176. The standard InChI is InChI=1S/3C16H36P.4C7H14N2S4.4C5H11NS2.3Al/c3*1-5-9-13-17(14-10-6-2,15-11-7-3)16-12-8-4;4*10-6(11)8-4-2-1-3-5-9-7(12)13;4*1-2-3-4-6-5(7)8;;;/h3*5-16H2,1-4H3;4*1-5H2,(H2,8,10,11)(H2,9,12,13);4*2-4H2,1H3,(H2,6,7,8);;;/q3*+1;;;;;;;;;3*+3/p-12. The van der Waals surface area contributed by atoms with Crippen LogP contribution in [0.15, 0.2) is 0 Å². The quantitative estimate of drug-likeness (QED) is 0.00922. The molecule has 0 aliphatic carbocycles. The predicted octanol–water partition coefficient (Wildman–Crippen LogP) is 26.3. The monoisotopic (exact) mass is 2460 g/mol. The van der Waals surface area contributed by atoms with Crippen LogP contribution in [0.25, 0.3) is 0 Å². The van der Waals surface area contributed by atoms with E-state index in [1.807, 2.05) is 0 Å². The molecule has 0 spiro atoms. The Balaban J connectivity index is -0.000000103. The Hall–Kier alpha value is 4.21. The molecule has 0 aromatic carbocycles. The number of unbranched alkanes of at least 4 members (excludes halogenated alkanes) is 24. The average molecular weight is 2460 g/mol. The molecule has 12 nitrogen and oxygen atoms in total. The number of hydrogen-bond donors (Lipinski definition) is 12. The van der Waals surface area contributed by atoms with Crippen molar-refractivity contribution in [3.8, 4) is 0 Å². The summed E-state index contributed by atoms with van der Waals surface area (Å²) in [5.74, 6) is 0. The summed E-state index contributed by atoms with van der Waals surface area (Å²) in [7, 11) is -1.69. The molecule has 0 rings (SSSR count). The average Bonchev–Trinajstić information content (AvgIpc) is 0.883. The van der Waals surface area contributed by atoms with Crippen molar-refractivity contribution in [3.05, 3.63) is 0 Å². The van der Waals surface area contributed by atoms with Crippen LogP contribution in [0.4, 0.5) is 0 Å². The number of rotatable bonds is 72. The van der Waals surface area contributed by atoms with Gasteiger partial charge >= 0.3 is 52.1 Å². The van der Waals surface area contributed by atoms with Gasteiger partial charge in [-0.05, 0) is 180 Å². The molecule has 0 heterocycles. The van der Waals surface area contributed by atoms with Crippen molar-refractivity contribution in [2.24, 2.45) is 0 Å². The molecule has 0 aliphatic heterocycles. The summed E-state index contributed by atoms with van der Waals surface area (Å²) in [6, 6.07) is 0. The van der Waals surface area contributed by atoms with E-state index in [1.165, 1.54) is 180 Å². The first-order valence-electron chi connectivity index (χ1n) is 51.3. The Morgan fingerprint density at radius 3 is 0.268 bits per heavy atom. The minimum atomic E-state index is -0.562. The zero-order chi connectivity index (χ0) is 105. The van der Waals surface area contributed by atoms with Gasteiger partial charge < -0.3 is 362 Å². The molecule has 138 heavy (non-hydrogen) atoms. The van der Waals surface area contributed by atoms with Gasteiger partial charge in [0, 0.05) is 100 Å². The van der Waals surface area contributed by atoms with Gasteiger partial charge in [0.05, 0.1) is 73.9 Å². The SMILES string of the molecule is CCCCNC(=S)[S-].CCCCNC(=S)[S-].CCCCNC(=S)[S-].CCCCNC(=S)[S-].CCCC[P+](CCCC)(CCCC)CCCC.CCCC[P+](CCCC)(CCCC)CCCC.CCCC[P+](CCCC)(CCCC)CCCC.S=C([S-])NCCCCCNC(=S)[S-].S=C([S-])NCCCCCNC(=S)[S-].S=C([S-])NCCCCCNC(=S)[S-].S=C([S-])NCCCCCNC(=S)[S-].[Al+3].[Al+3].[Al+3]. The van der Waals surface area contributed by atoms with Crippen LogP contribution in [0.2, 0.25) is 0 Å². The zero-order valence-electron chi connectivity index (χ0n) is 89.0. The molecule has 0 bridgehead atoms. The topological polar surface area (TPSA) is 144 Å². The van der Waals surface area contributed by atoms with Gasteiger partial charge in [0.2, 0.25) is 0 Å². The van der Waals surface area contributed by atoms with Gasteiger partial charge in [-0.25, -0.2) is 0 Å². The molecule has 42 heteroatoms. The molecule has 0 aromatic heterocycles. The fourth-order valence-corrected chi connectivity index (χ4v) is 31.0. The minimum Gasteiger partial charge on any atom is -0.412 e. The Kier molecular flexibility index (Phi) is 182. The Morgan fingerprint density at radius 1 is 0.130 bits per heavy atom. The molecule has 0 unspecified atom stereocenters. The van der Waals surface area contributed by atoms with Gasteiger partial charge in [-0.1, -0.05) is 265 Å². The first-order valence-corrected chi connectivity index (χ1v) is 68.6. The number of hydrogen-bond acceptors (Lipinski definition) is 24. The minimum absolute atomic E-state index is 0. The van der Waals surface area contributed by atoms with Crippen molar-refractivity contribution in [2.75, 3.05) is 152 Å². The molecule has 0 saturated carbocycles. The maximum absolute atomic E-state index is 4.69. The Morgan fingerprint density at radius 2 is 0.203 bits per heavy atom. The summed E-state index contributed by atoms with van der Waals surface area (Å²) >= 11 is 112. The summed E-state index contributed by atoms with van der Waals surface area (Å²) in [4.78, 5) is 0. The second-order valence-corrected chi connectivity index (χ2v) is 59.5. The van der Waals surface area contributed by atoms with Crippen molar-refractivity contribution in [1.29, 1.82) is 0 Å². The second-order valence-electron chi connectivity index (χ2n) is 33.2. The number of thiocarbonyl (C=S) groups is 12. The van der Waals surface area contributed by atoms with Crippen LogP contribution in [-0.4, -0.2) is 256 Å². The van der Waals surface area contributed by atoms with Crippen molar-refractivity contribution in [1.82, 2.24) is 63.8 Å². The maximum atomic E-state index is 4.69. The summed E-state index contributed by atoms with van der Waals surface area (Å²) in [5.41, 5.74) is 0. The zero-order valence-corrected chi connectivity index (χ0v) is 115. The normalized spacial score (nSPS) is 9.91. The van der Waals surface area contributed by atoms with Crippen molar-refractivity contribution >= 4 is 424 Å². The largest absolute Gasteiger partial charge is 3.00 e. The Bertz CT molecular complexity index is 2150. The van der Waals surface area contributed by atoms with Gasteiger partial charge in [0.15, 0.2) is 0 Å². The maximum Gasteiger partial charge on any atom is 3.00 e. The molecule has 0 saturated heterocycles. The molecule has 808 valence electrons. The van der Waals surface area contributed by atoms with Crippen LogP contribution in [0.1, 0.15) is 393 Å². The van der Waals surface area contributed by atoms with Crippen molar-refractivity contribution in [2.45, 2.75) is 393 Å². The van der Waals surface area contributed by atoms with Crippen molar-refractivity contribution < 1.29 is 0 Å². The third-order valence-corrected chi connectivity index (χ3v) is 39.2. The fraction of sp³-hybridized carbons (Fsp3) is 0.875. The summed E-state index contributed by atoms with van der Waals surface area (Å²) < 4.78 is 5.53. The molecule has 0 amide bonds. The third-order valence-electron chi connectivity index (χ3n) is 20.6. The molecular weight excluding hydrogens is 2260 g/mol. The first-order chi connectivity index (χ1) is 64.3. The van der Waals surface area contributed by atoms with Crippen LogP contribution in [0, 0.1) is 0 Å². The summed E-state index contributed by atoms with van der Waals surface area (Å²) in [6.07, 6.45) is 76.2. The van der Waals surface area contributed by atoms with E-state index in [2.05, 4.69) is 274 Å². The molecule has 0 fully saturated rings. The van der Waals surface area contributed by atoms with Gasteiger partial charge in [0.25, 0.3) is 0 Å². The molecule has 0 aromatic rings. The smallest absolute Gasteiger partial charge is 0.412 e.